The number of unbranched alkanes of at least 4 members (excludes halogenated alkanes) is 22. The van der Waals surface area contributed by atoms with Crippen LogP contribution in [0, 0.1) is 0 Å². The van der Waals surface area contributed by atoms with E-state index in [2.05, 4.69) is 47.2 Å². The van der Waals surface area contributed by atoms with Crippen molar-refractivity contribution in [2.75, 3.05) is 0 Å². The molecule has 0 spiro atoms. The Kier molecular flexibility index (Phi) is 36.9. The van der Waals surface area contributed by atoms with Crippen molar-refractivity contribution in [2.45, 2.75) is 194 Å². The van der Waals surface area contributed by atoms with Crippen molar-refractivity contribution in [3.05, 3.63) is 24.3 Å². The van der Waals surface area contributed by atoms with Crippen LogP contribution in [-0.2, 0) is 23.2 Å². The van der Waals surface area contributed by atoms with Gasteiger partial charge >= 0.3 is 49.3 Å². The molecule has 0 N–H and O–H groups in total. The molecule has 0 atom stereocenters. The molecule has 8 heteroatoms. The van der Waals surface area contributed by atoms with E-state index in [1.165, 1.54) is 89.9 Å². The number of carbonyl (C=O) groups excluding carboxylic acids is 2. The minimum Gasteiger partial charge on any atom is -0.736 e. The van der Waals surface area contributed by atoms with Gasteiger partial charge < -0.3 is 13.9 Å². The van der Waals surface area contributed by atoms with E-state index in [4.69, 9.17) is 0 Å². The minimum absolute atomic E-state index is 0. The zero-order chi connectivity index (χ0) is 31.7. The average molecular weight is 649 g/mol. The maximum atomic E-state index is 11.9. The van der Waals surface area contributed by atoms with Crippen LogP contribution in [0.3, 0.4) is 0 Å². The third-order valence-corrected chi connectivity index (χ3v) is 8.57. The van der Waals surface area contributed by atoms with E-state index in [9.17, 15) is 19.0 Å². The molecule has 0 saturated heterocycles. The first kappa shape index (κ1) is 45.7. The van der Waals surface area contributed by atoms with Crippen molar-refractivity contribution in [2.24, 2.45) is 0 Å². The number of allylic oxidation sites excluding steroid dienone is 4. The summed E-state index contributed by atoms with van der Waals surface area (Å²) in [6.07, 6.45) is 38.8. The predicted octanol–water partition coefficient (Wildman–Crippen LogP) is 8.62. The predicted molar refractivity (Wildman–Crippen MR) is 179 cm³/mol. The summed E-state index contributed by atoms with van der Waals surface area (Å²) in [7, 11) is -4.95. The molecule has 0 amide bonds. The number of carbonyl (C=O) groups is 2. The fourth-order valence-electron chi connectivity index (χ4n) is 5.04. The van der Waals surface area contributed by atoms with Crippen molar-refractivity contribution in [1.82, 2.24) is 0 Å². The summed E-state index contributed by atoms with van der Waals surface area (Å²) < 4.78 is 20.8. The summed E-state index contributed by atoms with van der Waals surface area (Å²) in [5, 5.41) is 0. The van der Waals surface area contributed by atoms with Gasteiger partial charge in [0.05, 0.1) is 0 Å². The molecular weight excluding hydrogens is 582 g/mol. The van der Waals surface area contributed by atoms with Gasteiger partial charge in [0.25, 0.3) is 0 Å². The average Bonchev–Trinajstić information content (AvgIpc) is 2.96. The third-order valence-electron chi connectivity index (χ3n) is 7.71. The third kappa shape index (κ3) is 36.1. The molecule has 0 bridgehead atoms. The van der Waals surface area contributed by atoms with Gasteiger partial charge in [-0.3, -0.25) is 9.59 Å². The summed E-state index contributed by atoms with van der Waals surface area (Å²) >= 11 is 0. The van der Waals surface area contributed by atoms with Gasteiger partial charge in [0.1, 0.15) is 0 Å². The Morgan fingerprint density at radius 2 is 0.727 bits per heavy atom. The van der Waals surface area contributed by atoms with E-state index in [0.29, 0.717) is 12.8 Å². The maximum absolute atomic E-state index is 11.9. The van der Waals surface area contributed by atoms with Crippen molar-refractivity contribution in [1.29, 1.82) is 0 Å². The van der Waals surface area contributed by atoms with E-state index >= 15 is 0 Å². The molecule has 0 aromatic rings. The molecule has 0 saturated carbocycles. The SMILES string of the molecule is CCCCCCCC/C=C\CCCCCCCC(=O)OP(=O)([O-])OC(=O)CCCCCCC/C=C\CCCCCCCC.[Na+]. The van der Waals surface area contributed by atoms with Gasteiger partial charge in [0.2, 0.25) is 0 Å². The second-order valence-electron chi connectivity index (χ2n) is 12.0. The molecule has 0 fully saturated rings. The molecule has 0 aromatic heterocycles. The molecule has 0 radical (unpaired) electrons. The second-order valence-corrected chi connectivity index (χ2v) is 13.3. The quantitative estimate of drug-likeness (QED) is 0.0314. The molecule has 0 aliphatic heterocycles. The van der Waals surface area contributed by atoms with Crippen LogP contribution >= 0.6 is 7.82 Å². The van der Waals surface area contributed by atoms with Crippen LogP contribution in [0.1, 0.15) is 194 Å². The van der Waals surface area contributed by atoms with Crippen LogP contribution in [0.25, 0.3) is 0 Å². The monoisotopic (exact) mass is 648 g/mol. The minimum atomic E-state index is -4.95. The van der Waals surface area contributed by atoms with E-state index in [-0.39, 0.29) is 42.4 Å². The summed E-state index contributed by atoms with van der Waals surface area (Å²) in [6.45, 7) is 4.48. The Balaban J connectivity index is 0. The van der Waals surface area contributed by atoms with Gasteiger partial charge in [0.15, 0.2) is 0 Å². The molecule has 252 valence electrons. The van der Waals surface area contributed by atoms with E-state index in [1.54, 1.807) is 0 Å². The van der Waals surface area contributed by atoms with Gasteiger partial charge in [-0.05, 0) is 64.2 Å². The number of hydrogen-bond donors (Lipinski definition) is 0. The first-order chi connectivity index (χ1) is 20.9. The molecule has 44 heavy (non-hydrogen) atoms. The Hall–Kier alpha value is -0.390. The Morgan fingerprint density at radius 1 is 0.477 bits per heavy atom. The van der Waals surface area contributed by atoms with Gasteiger partial charge in [0, 0.05) is 12.8 Å². The van der Waals surface area contributed by atoms with Crippen LogP contribution in [-0.4, -0.2) is 11.9 Å². The van der Waals surface area contributed by atoms with Crippen molar-refractivity contribution in [3.63, 3.8) is 0 Å². The molecule has 0 aliphatic rings. The van der Waals surface area contributed by atoms with Crippen LogP contribution in [0.5, 0.6) is 0 Å². The van der Waals surface area contributed by atoms with E-state index < -0.39 is 19.8 Å². The summed E-state index contributed by atoms with van der Waals surface area (Å²) in [5.74, 6) is -1.71. The molecule has 0 heterocycles. The van der Waals surface area contributed by atoms with Gasteiger partial charge in [-0.25, -0.2) is 4.57 Å². The van der Waals surface area contributed by atoms with Gasteiger partial charge in [-0.2, -0.15) is 0 Å². The standard InChI is InChI=1S/C36H67O6P.Na/c1-3-5-7-9-11-13-15-17-19-21-23-25-27-29-31-33-35(37)41-43(39,40)42-36(38)34-32-30-28-26-24-22-20-18-16-14-12-10-8-6-4-2;/h17-20H,3-16,21-34H2,1-2H3,(H,39,40);/q;+1/p-1/b19-17-,20-18-;. The molecule has 6 nitrogen and oxygen atoms in total. The Morgan fingerprint density at radius 3 is 1.02 bits per heavy atom. The fourth-order valence-corrected chi connectivity index (χ4v) is 5.76. The van der Waals surface area contributed by atoms with Gasteiger partial charge in [-0.15, -0.1) is 0 Å². The van der Waals surface area contributed by atoms with Crippen molar-refractivity contribution < 1.29 is 57.7 Å². The summed E-state index contributed by atoms with van der Waals surface area (Å²) in [5.41, 5.74) is 0. The van der Waals surface area contributed by atoms with Gasteiger partial charge in [-0.1, -0.05) is 141 Å². The fraction of sp³-hybridized carbons (Fsp3) is 0.833. The normalized spacial score (nSPS) is 11.7. The number of phosphoric ester groups is 1. The largest absolute Gasteiger partial charge is 1.00 e. The zero-order valence-electron chi connectivity index (χ0n) is 29.0. The molecule has 0 unspecified atom stereocenters. The summed E-state index contributed by atoms with van der Waals surface area (Å²) in [4.78, 5) is 35.7. The van der Waals surface area contributed by atoms with Crippen LogP contribution in [0.4, 0.5) is 0 Å². The van der Waals surface area contributed by atoms with Crippen LogP contribution in [0.15, 0.2) is 24.3 Å². The molecule has 0 aliphatic carbocycles. The summed E-state index contributed by atoms with van der Waals surface area (Å²) in [6, 6.07) is 0. The molecule has 0 aromatic carbocycles. The zero-order valence-corrected chi connectivity index (χ0v) is 31.9. The Labute approximate surface area is 293 Å². The van der Waals surface area contributed by atoms with Crippen molar-refractivity contribution in [3.8, 4) is 0 Å². The van der Waals surface area contributed by atoms with Crippen LogP contribution in [0.2, 0.25) is 0 Å². The molecular formula is C36H66NaO6P. The second kappa shape index (κ2) is 35.5. The van der Waals surface area contributed by atoms with Crippen LogP contribution < -0.4 is 34.5 Å². The Bertz CT molecular complexity index is 697. The first-order valence-corrected chi connectivity index (χ1v) is 19.4. The first-order valence-electron chi connectivity index (χ1n) is 18.0. The maximum Gasteiger partial charge on any atom is 1.00 e. The smallest absolute Gasteiger partial charge is 0.736 e. The van der Waals surface area contributed by atoms with E-state index in [0.717, 1.165) is 64.2 Å². The number of hydrogen-bond acceptors (Lipinski definition) is 6. The van der Waals surface area contributed by atoms with E-state index in [1.807, 2.05) is 0 Å². The number of rotatable bonds is 32. The van der Waals surface area contributed by atoms with Crippen molar-refractivity contribution >= 4 is 19.8 Å². The molecule has 0 rings (SSSR count). The number of phosphoric acid groups is 1. The topological polar surface area (TPSA) is 92.7 Å².